The Morgan fingerprint density at radius 2 is 2.20 bits per heavy atom. The third-order valence-corrected chi connectivity index (χ3v) is 3.30. The molecule has 0 aliphatic heterocycles. The minimum absolute atomic E-state index is 0.0284. The van der Waals surface area contributed by atoms with Gasteiger partial charge in [-0.15, -0.1) is 0 Å². The van der Waals surface area contributed by atoms with Gasteiger partial charge in [-0.05, 0) is 52.5 Å². The van der Waals surface area contributed by atoms with E-state index in [9.17, 15) is 9.59 Å². The van der Waals surface area contributed by atoms with Crippen LogP contribution in [0.5, 0.6) is 5.75 Å². The minimum Gasteiger partial charge on any atom is -0.483 e. The number of amides is 1. The van der Waals surface area contributed by atoms with E-state index in [1.54, 1.807) is 18.2 Å². The van der Waals surface area contributed by atoms with Crippen molar-refractivity contribution in [1.82, 2.24) is 5.32 Å². The standard InChI is InChI=1S/C14H14BrNO4/c15-11-7-9(2-6-14(18)19)1-5-12(11)20-8-13(17)16-10-3-4-10/h1-2,5-7,10H,3-4,8H2,(H,16,17)(H,18,19). The fraction of sp³-hybridized carbons (Fsp3) is 0.286. The lowest BCUT2D eigenvalue weighted by Gasteiger charge is -2.09. The molecule has 0 aromatic heterocycles. The van der Waals surface area contributed by atoms with Crippen LogP contribution in [0.2, 0.25) is 0 Å². The number of halogens is 1. The van der Waals surface area contributed by atoms with Crippen molar-refractivity contribution in [3.8, 4) is 5.75 Å². The van der Waals surface area contributed by atoms with E-state index in [4.69, 9.17) is 9.84 Å². The van der Waals surface area contributed by atoms with Crippen molar-refractivity contribution in [2.24, 2.45) is 0 Å². The third kappa shape index (κ3) is 4.70. The van der Waals surface area contributed by atoms with Gasteiger partial charge in [0.25, 0.3) is 5.91 Å². The lowest BCUT2D eigenvalue weighted by molar-refractivity contribution is -0.131. The molecule has 0 radical (unpaired) electrons. The summed E-state index contributed by atoms with van der Waals surface area (Å²) in [6.45, 7) is -0.0284. The molecule has 0 saturated heterocycles. The molecule has 1 aromatic rings. The molecular weight excluding hydrogens is 326 g/mol. The SMILES string of the molecule is O=C(O)C=Cc1ccc(OCC(=O)NC2CC2)c(Br)c1. The maximum absolute atomic E-state index is 11.5. The first kappa shape index (κ1) is 14.6. The number of benzene rings is 1. The van der Waals surface area contributed by atoms with Gasteiger partial charge in [0.1, 0.15) is 5.75 Å². The number of ether oxygens (including phenoxy) is 1. The van der Waals surface area contributed by atoms with E-state index in [0.717, 1.165) is 24.5 Å². The highest BCUT2D eigenvalue weighted by molar-refractivity contribution is 9.10. The Hall–Kier alpha value is -1.82. The molecule has 2 rings (SSSR count). The third-order valence-electron chi connectivity index (χ3n) is 2.68. The van der Waals surface area contributed by atoms with Crippen LogP contribution in [0, 0.1) is 0 Å². The summed E-state index contributed by atoms with van der Waals surface area (Å²) >= 11 is 3.33. The number of carbonyl (C=O) groups excluding carboxylic acids is 1. The molecule has 0 spiro atoms. The van der Waals surface area contributed by atoms with Gasteiger partial charge in [-0.3, -0.25) is 4.79 Å². The van der Waals surface area contributed by atoms with Crippen LogP contribution >= 0.6 is 15.9 Å². The molecule has 5 nitrogen and oxygen atoms in total. The zero-order valence-corrected chi connectivity index (χ0v) is 12.2. The summed E-state index contributed by atoms with van der Waals surface area (Å²) in [5.41, 5.74) is 0.731. The Morgan fingerprint density at radius 1 is 1.45 bits per heavy atom. The molecule has 1 aliphatic rings. The predicted octanol–water partition coefficient (Wildman–Crippen LogP) is 2.20. The molecule has 1 amide bonds. The van der Waals surface area contributed by atoms with E-state index in [1.165, 1.54) is 6.08 Å². The van der Waals surface area contributed by atoms with E-state index in [1.807, 2.05) is 0 Å². The summed E-state index contributed by atoms with van der Waals surface area (Å²) in [6, 6.07) is 5.46. The molecule has 0 bridgehead atoms. The number of hydrogen-bond donors (Lipinski definition) is 2. The van der Waals surface area contributed by atoms with Gasteiger partial charge in [0.05, 0.1) is 4.47 Å². The second-order valence-corrected chi connectivity index (χ2v) is 5.35. The smallest absolute Gasteiger partial charge is 0.328 e. The van der Waals surface area contributed by atoms with Crippen molar-refractivity contribution in [2.75, 3.05) is 6.61 Å². The molecule has 0 unspecified atom stereocenters. The first-order valence-corrected chi connectivity index (χ1v) is 6.96. The summed E-state index contributed by atoms with van der Waals surface area (Å²) in [5.74, 6) is -0.587. The van der Waals surface area contributed by atoms with Crippen molar-refractivity contribution in [3.63, 3.8) is 0 Å². The van der Waals surface area contributed by atoms with E-state index < -0.39 is 5.97 Å². The van der Waals surface area contributed by atoms with E-state index in [2.05, 4.69) is 21.2 Å². The monoisotopic (exact) mass is 339 g/mol. The molecule has 0 atom stereocenters. The fourth-order valence-electron chi connectivity index (χ4n) is 1.55. The fourth-order valence-corrected chi connectivity index (χ4v) is 2.06. The van der Waals surface area contributed by atoms with Gasteiger partial charge in [0.2, 0.25) is 0 Å². The summed E-state index contributed by atoms with van der Waals surface area (Å²) in [6.07, 6.45) is 4.63. The lowest BCUT2D eigenvalue weighted by atomic mass is 10.2. The molecule has 6 heteroatoms. The molecule has 1 aliphatic carbocycles. The average molecular weight is 340 g/mol. The molecule has 20 heavy (non-hydrogen) atoms. The zero-order valence-electron chi connectivity index (χ0n) is 10.6. The highest BCUT2D eigenvalue weighted by Gasteiger charge is 2.23. The highest BCUT2D eigenvalue weighted by Crippen LogP contribution is 2.26. The largest absolute Gasteiger partial charge is 0.483 e. The van der Waals surface area contributed by atoms with Crippen LogP contribution in [-0.4, -0.2) is 29.6 Å². The van der Waals surface area contributed by atoms with Crippen LogP contribution in [0.15, 0.2) is 28.7 Å². The predicted molar refractivity (Wildman–Crippen MR) is 77.5 cm³/mol. The van der Waals surface area contributed by atoms with Crippen LogP contribution in [0.3, 0.4) is 0 Å². The Morgan fingerprint density at radius 3 is 2.80 bits per heavy atom. The summed E-state index contributed by atoms with van der Waals surface area (Å²) < 4.78 is 6.08. The lowest BCUT2D eigenvalue weighted by Crippen LogP contribution is -2.30. The van der Waals surface area contributed by atoms with Gasteiger partial charge in [-0.2, -0.15) is 0 Å². The minimum atomic E-state index is -1.00. The maximum atomic E-state index is 11.5. The number of nitrogens with one attached hydrogen (secondary N) is 1. The van der Waals surface area contributed by atoms with Crippen molar-refractivity contribution >= 4 is 33.9 Å². The molecule has 2 N–H and O–H groups in total. The summed E-state index contributed by atoms with van der Waals surface area (Å²) in [7, 11) is 0. The summed E-state index contributed by atoms with van der Waals surface area (Å²) in [5, 5.41) is 11.4. The number of carboxylic acids is 1. The van der Waals surface area contributed by atoms with Gasteiger partial charge in [-0.25, -0.2) is 4.79 Å². The van der Waals surface area contributed by atoms with Crippen molar-refractivity contribution in [1.29, 1.82) is 0 Å². The molecule has 1 saturated carbocycles. The summed E-state index contributed by atoms with van der Waals surface area (Å²) in [4.78, 5) is 21.9. The molecule has 106 valence electrons. The molecular formula is C14H14BrNO4. The van der Waals surface area contributed by atoms with Gasteiger partial charge >= 0.3 is 5.97 Å². The first-order chi connectivity index (χ1) is 9.54. The van der Waals surface area contributed by atoms with Crippen LogP contribution < -0.4 is 10.1 Å². The van der Waals surface area contributed by atoms with Gasteiger partial charge in [-0.1, -0.05) is 6.07 Å². The van der Waals surface area contributed by atoms with Crippen LogP contribution in [0.1, 0.15) is 18.4 Å². The second kappa shape index (κ2) is 6.56. The highest BCUT2D eigenvalue weighted by atomic mass is 79.9. The quantitative estimate of drug-likeness (QED) is 0.779. The van der Waals surface area contributed by atoms with Gasteiger partial charge in [0.15, 0.2) is 6.61 Å². The van der Waals surface area contributed by atoms with Crippen molar-refractivity contribution in [2.45, 2.75) is 18.9 Å². The van der Waals surface area contributed by atoms with Gasteiger partial charge < -0.3 is 15.2 Å². The second-order valence-electron chi connectivity index (χ2n) is 4.49. The topological polar surface area (TPSA) is 75.6 Å². The van der Waals surface area contributed by atoms with Crippen LogP contribution in [0.4, 0.5) is 0 Å². The Bertz CT molecular complexity index is 552. The molecule has 1 aromatic carbocycles. The Labute approximate surface area is 124 Å². The number of aliphatic carboxylic acids is 1. The van der Waals surface area contributed by atoms with E-state index >= 15 is 0 Å². The Balaban J connectivity index is 1.91. The number of carbonyl (C=O) groups is 2. The first-order valence-electron chi connectivity index (χ1n) is 6.17. The van der Waals surface area contributed by atoms with Crippen molar-refractivity contribution in [3.05, 3.63) is 34.3 Å². The maximum Gasteiger partial charge on any atom is 0.328 e. The van der Waals surface area contributed by atoms with Gasteiger partial charge in [0, 0.05) is 12.1 Å². The normalized spacial score (nSPS) is 14.2. The van der Waals surface area contributed by atoms with Crippen LogP contribution in [0.25, 0.3) is 6.08 Å². The average Bonchev–Trinajstić information content (AvgIpc) is 3.19. The Kier molecular flexibility index (Phi) is 4.79. The number of hydrogen-bond acceptors (Lipinski definition) is 3. The van der Waals surface area contributed by atoms with Crippen LogP contribution in [-0.2, 0) is 9.59 Å². The molecule has 0 heterocycles. The number of rotatable bonds is 6. The van der Waals surface area contributed by atoms with Crippen molar-refractivity contribution < 1.29 is 19.4 Å². The van der Waals surface area contributed by atoms with E-state index in [0.29, 0.717) is 16.3 Å². The molecule has 1 fully saturated rings. The number of carboxylic acid groups (broad SMARTS) is 1. The zero-order chi connectivity index (χ0) is 14.5. The van der Waals surface area contributed by atoms with E-state index in [-0.39, 0.29) is 12.5 Å².